The molecule has 10 nitrogen and oxygen atoms in total. The lowest BCUT2D eigenvalue weighted by Crippen LogP contribution is -2.19. The van der Waals surface area contributed by atoms with Gasteiger partial charge in [-0.3, -0.25) is 4.79 Å². The molecule has 4 rings (SSSR count). The van der Waals surface area contributed by atoms with E-state index in [-0.39, 0.29) is 36.0 Å². The molecule has 0 atom stereocenters. The number of halogens is 2. The first-order chi connectivity index (χ1) is 19.4. The number of ether oxygens (including phenoxy) is 3. The molecule has 0 aliphatic heterocycles. The van der Waals surface area contributed by atoms with Gasteiger partial charge in [-0.1, -0.05) is 53.2 Å². The van der Waals surface area contributed by atoms with Gasteiger partial charge in [0.2, 0.25) is 0 Å². The fourth-order valence-corrected chi connectivity index (χ4v) is 4.26. The van der Waals surface area contributed by atoms with Gasteiger partial charge in [-0.2, -0.15) is 10.4 Å². The van der Waals surface area contributed by atoms with Crippen LogP contribution in [0.1, 0.15) is 22.6 Å². The molecule has 40 heavy (non-hydrogen) atoms. The van der Waals surface area contributed by atoms with Crippen molar-refractivity contribution in [2.75, 3.05) is 12.9 Å². The molecule has 0 unspecified atom stereocenters. The number of benzene rings is 3. The Morgan fingerprint density at radius 1 is 1.07 bits per heavy atom. The molecule has 0 radical (unpaired) electrons. The van der Waals surface area contributed by atoms with Crippen LogP contribution in [-0.2, 0) is 18.0 Å². The summed E-state index contributed by atoms with van der Waals surface area (Å²) >= 11 is 13.0. The summed E-state index contributed by atoms with van der Waals surface area (Å²) in [5, 5.41) is 22.1. The average molecular weight is 598 g/mol. The summed E-state index contributed by atoms with van der Waals surface area (Å²) in [4.78, 5) is 12.2. The van der Waals surface area contributed by atoms with Crippen molar-refractivity contribution >= 4 is 47.1 Å². The van der Waals surface area contributed by atoms with E-state index >= 15 is 0 Å². The number of amides is 1. The third-order valence-electron chi connectivity index (χ3n) is 5.13. The molecular formula is C27H21Cl2N5O5S. The molecular weight excluding hydrogens is 577 g/mol. The molecule has 0 fully saturated rings. The number of nitrogens with zero attached hydrogens (tertiary/aromatic N) is 4. The Hall–Kier alpha value is -4.24. The minimum atomic E-state index is -0.367. The minimum Gasteiger partial charge on any atom is -0.493 e. The van der Waals surface area contributed by atoms with Crippen LogP contribution in [0.15, 0.2) is 75.4 Å². The smallest absolute Gasteiger partial charge is 0.277 e. The molecule has 1 amide bonds. The Labute approximate surface area is 243 Å². The summed E-state index contributed by atoms with van der Waals surface area (Å²) in [5.74, 6) is 1.28. The van der Waals surface area contributed by atoms with Crippen LogP contribution in [0.5, 0.6) is 17.2 Å². The highest BCUT2D eigenvalue weighted by atomic mass is 35.5. The Morgan fingerprint density at radius 2 is 1.88 bits per heavy atom. The largest absolute Gasteiger partial charge is 0.493 e. The second-order valence-corrected chi connectivity index (χ2v) is 9.65. The first-order valence-corrected chi connectivity index (χ1v) is 13.3. The number of thioether (sulfide) groups is 1. The van der Waals surface area contributed by atoms with Crippen LogP contribution in [0.4, 0.5) is 0 Å². The molecule has 0 aliphatic rings. The topological polar surface area (TPSA) is 132 Å². The molecule has 0 saturated heterocycles. The molecule has 4 aromatic rings. The molecule has 0 saturated carbocycles. The number of rotatable bonds is 12. The lowest BCUT2D eigenvalue weighted by atomic mass is 10.1. The van der Waals surface area contributed by atoms with Crippen molar-refractivity contribution in [1.82, 2.24) is 15.6 Å². The van der Waals surface area contributed by atoms with Crippen LogP contribution in [0, 0.1) is 11.3 Å². The molecule has 0 bridgehead atoms. The van der Waals surface area contributed by atoms with Crippen molar-refractivity contribution < 1.29 is 23.4 Å². The van der Waals surface area contributed by atoms with Gasteiger partial charge in [-0.15, -0.1) is 10.2 Å². The number of hydrazone groups is 1. The fourth-order valence-electron chi connectivity index (χ4n) is 3.22. The Kier molecular flexibility index (Phi) is 10.2. The normalized spacial score (nSPS) is 10.8. The van der Waals surface area contributed by atoms with Crippen LogP contribution < -0.4 is 19.6 Å². The van der Waals surface area contributed by atoms with Gasteiger partial charge in [-0.25, -0.2) is 5.43 Å². The maximum Gasteiger partial charge on any atom is 0.277 e. The Balaban J connectivity index is 1.23. The van der Waals surface area contributed by atoms with E-state index in [1.807, 2.05) is 12.1 Å². The van der Waals surface area contributed by atoms with E-state index in [0.29, 0.717) is 38.4 Å². The molecule has 1 heterocycles. The van der Waals surface area contributed by atoms with Gasteiger partial charge >= 0.3 is 0 Å². The molecule has 0 aliphatic carbocycles. The van der Waals surface area contributed by atoms with Gasteiger partial charge in [0.1, 0.15) is 12.4 Å². The predicted molar refractivity (Wildman–Crippen MR) is 150 cm³/mol. The fraction of sp³-hybridized carbons (Fsp3) is 0.148. The average Bonchev–Trinajstić information content (AvgIpc) is 3.42. The van der Waals surface area contributed by atoms with E-state index in [1.54, 1.807) is 48.5 Å². The summed E-state index contributed by atoms with van der Waals surface area (Å²) in [5.41, 5.74) is 4.44. The molecule has 0 spiro atoms. The van der Waals surface area contributed by atoms with E-state index in [2.05, 4.69) is 26.8 Å². The zero-order valence-corrected chi connectivity index (χ0v) is 23.3. The van der Waals surface area contributed by atoms with Crippen molar-refractivity contribution in [3.63, 3.8) is 0 Å². The maximum atomic E-state index is 12.2. The molecule has 1 aromatic heterocycles. The summed E-state index contributed by atoms with van der Waals surface area (Å²) < 4.78 is 22.3. The van der Waals surface area contributed by atoms with Crippen molar-refractivity contribution in [1.29, 1.82) is 5.26 Å². The highest BCUT2D eigenvalue weighted by Gasteiger charge is 2.12. The number of methoxy groups -OCH3 is 1. The van der Waals surface area contributed by atoms with Crippen molar-refractivity contribution in [3.05, 3.63) is 93.3 Å². The van der Waals surface area contributed by atoms with Gasteiger partial charge in [0.25, 0.3) is 17.0 Å². The van der Waals surface area contributed by atoms with Gasteiger partial charge in [0, 0.05) is 10.6 Å². The third kappa shape index (κ3) is 8.13. The predicted octanol–water partition coefficient (Wildman–Crippen LogP) is 5.66. The number of nitrogens with one attached hydrogen (secondary N) is 1. The highest BCUT2D eigenvalue weighted by Crippen LogP contribution is 2.29. The Morgan fingerprint density at radius 3 is 2.67 bits per heavy atom. The number of carbonyl (C=O) groups is 1. The van der Waals surface area contributed by atoms with Crippen LogP contribution >= 0.6 is 35.0 Å². The van der Waals surface area contributed by atoms with E-state index in [1.165, 1.54) is 13.3 Å². The number of nitriles is 1. The molecule has 1 N–H and O–H groups in total. The number of hydrogen-bond acceptors (Lipinski definition) is 10. The summed E-state index contributed by atoms with van der Waals surface area (Å²) in [6, 6.07) is 19.4. The minimum absolute atomic E-state index is 0.00309. The van der Waals surface area contributed by atoms with Gasteiger partial charge < -0.3 is 18.6 Å². The second-order valence-electron chi connectivity index (χ2n) is 7.87. The number of hydrogen-bond donors (Lipinski definition) is 1. The quantitative estimate of drug-likeness (QED) is 0.125. The van der Waals surface area contributed by atoms with Gasteiger partial charge in [0.05, 0.1) is 35.7 Å². The van der Waals surface area contributed by atoms with E-state index in [9.17, 15) is 10.1 Å². The first kappa shape index (κ1) is 28.8. The van der Waals surface area contributed by atoms with Gasteiger partial charge in [0.15, 0.2) is 18.1 Å². The van der Waals surface area contributed by atoms with Crippen LogP contribution in [0.2, 0.25) is 10.0 Å². The van der Waals surface area contributed by atoms with Crippen LogP contribution in [0.3, 0.4) is 0 Å². The summed E-state index contributed by atoms with van der Waals surface area (Å²) in [7, 11) is 1.52. The standard InChI is InChI=1S/C27H21Cl2N5O5S/c1-36-24-10-17(6-8-23(24)37-14-19-5-3-2-4-18(19)12-30)13-31-32-25(35)16-40-27-34-33-26(39-27)15-38-22-9-7-20(28)11-21(22)29/h2-11,13H,14-16H2,1H3,(H,32,35)/b31-13-. The maximum absolute atomic E-state index is 12.2. The van der Waals surface area contributed by atoms with Crippen LogP contribution in [-0.4, -0.2) is 35.2 Å². The molecule has 204 valence electrons. The Bertz CT molecular complexity index is 1560. The lowest BCUT2D eigenvalue weighted by molar-refractivity contribution is -0.118. The van der Waals surface area contributed by atoms with E-state index in [4.69, 9.17) is 41.8 Å². The summed E-state index contributed by atoms with van der Waals surface area (Å²) in [6.45, 7) is 0.221. The SMILES string of the molecule is COc1cc(/C=N\NC(=O)CSc2nnc(COc3ccc(Cl)cc3Cl)o2)ccc1OCc1ccccc1C#N. The first-order valence-electron chi connectivity index (χ1n) is 11.6. The highest BCUT2D eigenvalue weighted by molar-refractivity contribution is 7.99. The van der Waals surface area contributed by atoms with E-state index in [0.717, 1.165) is 17.3 Å². The zero-order chi connectivity index (χ0) is 28.3. The summed E-state index contributed by atoms with van der Waals surface area (Å²) in [6.07, 6.45) is 1.48. The van der Waals surface area contributed by atoms with Crippen molar-refractivity contribution in [2.45, 2.75) is 18.4 Å². The lowest BCUT2D eigenvalue weighted by Gasteiger charge is -2.12. The zero-order valence-electron chi connectivity index (χ0n) is 21.0. The van der Waals surface area contributed by atoms with Gasteiger partial charge in [-0.05, 0) is 48.0 Å². The molecule has 3 aromatic carbocycles. The van der Waals surface area contributed by atoms with E-state index < -0.39 is 0 Å². The monoisotopic (exact) mass is 597 g/mol. The second kappa shape index (κ2) is 14.2. The molecule has 13 heteroatoms. The van der Waals surface area contributed by atoms with Crippen LogP contribution in [0.25, 0.3) is 0 Å². The van der Waals surface area contributed by atoms with Crippen molar-refractivity contribution in [3.8, 4) is 23.3 Å². The third-order valence-corrected chi connectivity index (χ3v) is 6.48. The number of carbonyl (C=O) groups excluding carboxylic acids is 1. The van der Waals surface area contributed by atoms with Crippen molar-refractivity contribution in [2.24, 2.45) is 5.10 Å². The number of aromatic nitrogens is 2.